The molecule has 1 saturated heterocycles. The van der Waals surface area contributed by atoms with Crippen molar-refractivity contribution in [2.24, 2.45) is 7.05 Å². The van der Waals surface area contributed by atoms with Crippen LogP contribution in [-0.4, -0.2) is 51.6 Å². The molecule has 19 heavy (non-hydrogen) atoms. The summed E-state index contributed by atoms with van der Waals surface area (Å²) in [5.41, 5.74) is 2.15. The minimum absolute atomic E-state index is 0.0687. The Balaban J connectivity index is 2.17. The fraction of sp³-hybridized carbons (Fsp3) is 0.692. The van der Waals surface area contributed by atoms with Gasteiger partial charge in [-0.15, -0.1) is 0 Å². The molecule has 0 spiro atoms. The van der Waals surface area contributed by atoms with Gasteiger partial charge in [0, 0.05) is 37.4 Å². The summed E-state index contributed by atoms with van der Waals surface area (Å²) in [6.45, 7) is 5.98. The van der Waals surface area contributed by atoms with Crippen LogP contribution in [0.5, 0.6) is 0 Å². The summed E-state index contributed by atoms with van der Waals surface area (Å²) in [5, 5.41) is 13.4. The average Bonchev–Trinajstić information content (AvgIpc) is 2.67. The van der Waals surface area contributed by atoms with E-state index in [9.17, 15) is 4.79 Å². The van der Waals surface area contributed by atoms with Crippen molar-refractivity contribution in [1.29, 1.82) is 0 Å². The summed E-state index contributed by atoms with van der Waals surface area (Å²) in [5.74, 6) is -0.782. The number of aryl methyl sites for hydroxylation is 2. The lowest BCUT2D eigenvalue weighted by Crippen LogP contribution is -2.47. The van der Waals surface area contributed by atoms with E-state index in [2.05, 4.69) is 16.9 Å². The molecule has 6 heteroatoms. The van der Waals surface area contributed by atoms with E-state index in [4.69, 9.17) is 9.84 Å². The van der Waals surface area contributed by atoms with E-state index in [1.54, 1.807) is 4.68 Å². The third-order valence-corrected chi connectivity index (χ3v) is 3.68. The van der Waals surface area contributed by atoms with Gasteiger partial charge in [0.1, 0.15) is 0 Å². The first-order valence-electron chi connectivity index (χ1n) is 6.54. The fourth-order valence-electron chi connectivity index (χ4n) is 2.76. The number of carboxylic acid groups (broad SMARTS) is 1. The summed E-state index contributed by atoms with van der Waals surface area (Å²) in [6.07, 6.45) is 2.12. The molecule has 1 fully saturated rings. The van der Waals surface area contributed by atoms with Gasteiger partial charge in [-0.1, -0.05) is 0 Å². The zero-order chi connectivity index (χ0) is 14.0. The van der Waals surface area contributed by atoms with E-state index < -0.39 is 5.97 Å². The van der Waals surface area contributed by atoms with Gasteiger partial charge >= 0.3 is 5.97 Å². The molecular formula is C13H21N3O3. The first-order chi connectivity index (χ1) is 8.99. The second-order valence-corrected chi connectivity index (χ2v) is 5.08. The maximum absolute atomic E-state index is 10.9. The molecule has 1 N–H and O–H groups in total. The van der Waals surface area contributed by atoms with Crippen molar-refractivity contribution in [2.45, 2.75) is 32.4 Å². The summed E-state index contributed by atoms with van der Waals surface area (Å²) in [4.78, 5) is 13.2. The van der Waals surface area contributed by atoms with Crippen LogP contribution in [-0.2, 0) is 16.6 Å². The van der Waals surface area contributed by atoms with Crippen molar-refractivity contribution in [3.05, 3.63) is 17.5 Å². The first-order valence-corrected chi connectivity index (χ1v) is 6.54. The highest BCUT2D eigenvalue weighted by Crippen LogP contribution is 2.27. The molecule has 1 aliphatic heterocycles. The quantitative estimate of drug-likeness (QED) is 0.880. The fourth-order valence-corrected chi connectivity index (χ4v) is 2.76. The molecule has 2 rings (SSSR count). The molecule has 2 atom stereocenters. The first kappa shape index (κ1) is 14.0. The number of morpholine rings is 1. The van der Waals surface area contributed by atoms with Crippen LogP contribution in [0.25, 0.3) is 0 Å². The third kappa shape index (κ3) is 3.13. The largest absolute Gasteiger partial charge is 0.481 e. The molecule has 2 unspecified atom stereocenters. The highest BCUT2D eigenvalue weighted by molar-refractivity contribution is 5.67. The van der Waals surface area contributed by atoms with Gasteiger partial charge in [0.15, 0.2) is 0 Å². The maximum atomic E-state index is 10.9. The number of ether oxygens (including phenoxy) is 1. The number of aliphatic carboxylic acids is 1. The number of hydrogen-bond acceptors (Lipinski definition) is 4. The number of carboxylic acids is 1. The number of aromatic nitrogens is 2. The van der Waals surface area contributed by atoms with Crippen molar-refractivity contribution in [2.75, 3.05) is 19.8 Å². The molecule has 6 nitrogen and oxygen atoms in total. The van der Waals surface area contributed by atoms with E-state index in [0.29, 0.717) is 13.2 Å². The number of hydrogen-bond donors (Lipinski definition) is 1. The molecule has 106 valence electrons. The Kier molecular flexibility index (Phi) is 4.21. The number of rotatable bonds is 4. The molecule has 0 radical (unpaired) electrons. The second-order valence-electron chi connectivity index (χ2n) is 5.08. The Hall–Kier alpha value is -1.40. The van der Waals surface area contributed by atoms with Crippen LogP contribution >= 0.6 is 0 Å². The Bertz CT molecular complexity index is 458. The standard InChI is InChI=1S/C13H21N3O3/c1-9-12(7-15(3)14-9)10(2)16-4-5-19-8-11(16)6-13(17)18/h7,10-11H,4-6,8H2,1-3H3,(H,17,18). The lowest BCUT2D eigenvalue weighted by atomic mass is 10.0. The Morgan fingerprint density at radius 2 is 2.42 bits per heavy atom. The molecule has 0 aliphatic carbocycles. The van der Waals surface area contributed by atoms with Crippen molar-refractivity contribution in [1.82, 2.24) is 14.7 Å². The number of nitrogens with zero attached hydrogens (tertiary/aromatic N) is 3. The van der Waals surface area contributed by atoms with Crippen LogP contribution in [0.2, 0.25) is 0 Å². The van der Waals surface area contributed by atoms with Gasteiger partial charge < -0.3 is 9.84 Å². The van der Waals surface area contributed by atoms with Crippen molar-refractivity contribution < 1.29 is 14.6 Å². The Morgan fingerprint density at radius 1 is 1.68 bits per heavy atom. The van der Waals surface area contributed by atoms with Gasteiger partial charge in [-0.3, -0.25) is 14.4 Å². The smallest absolute Gasteiger partial charge is 0.305 e. The van der Waals surface area contributed by atoms with E-state index >= 15 is 0 Å². The van der Waals surface area contributed by atoms with Crippen LogP contribution in [0.4, 0.5) is 0 Å². The molecule has 1 aliphatic rings. The van der Waals surface area contributed by atoms with Crippen LogP contribution < -0.4 is 0 Å². The predicted octanol–water partition coefficient (Wildman–Crippen LogP) is 0.965. The highest BCUT2D eigenvalue weighted by Gasteiger charge is 2.30. The molecule has 1 aromatic rings. The van der Waals surface area contributed by atoms with E-state index in [-0.39, 0.29) is 18.5 Å². The Labute approximate surface area is 113 Å². The maximum Gasteiger partial charge on any atom is 0.305 e. The van der Waals surface area contributed by atoms with Gasteiger partial charge in [-0.2, -0.15) is 5.10 Å². The topological polar surface area (TPSA) is 67.6 Å². The van der Waals surface area contributed by atoms with Gasteiger partial charge in [0.25, 0.3) is 0 Å². The lowest BCUT2D eigenvalue weighted by Gasteiger charge is -2.39. The van der Waals surface area contributed by atoms with Crippen molar-refractivity contribution in [3.63, 3.8) is 0 Å². The highest BCUT2D eigenvalue weighted by atomic mass is 16.5. The van der Waals surface area contributed by atoms with Gasteiger partial charge in [-0.25, -0.2) is 0 Å². The van der Waals surface area contributed by atoms with Crippen LogP contribution in [0.15, 0.2) is 6.20 Å². The minimum atomic E-state index is -0.782. The van der Waals surface area contributed by atoms with Gasteiger partial charge in [0.05, 0.1) is 25.3 Å². The average molecular weight is 267 g/mol. The van der Waals surface area contributed by atoms with Crippen LogP contribution in [0, 0.1) is 6.92 Å². The van der Waals surface area contributed by atoms with E-state index in [0.717, 1.165) is 17.8 Å². The predicted molar refractivity (Wildman–Crippen MR) is 69.9 cm³/mol. The molecule has 1 aromatic heterocycles. The SMILES string of the molecule is Cc1nn(C)cc1C(C)N1CCOCC1CC(=O)O. The van der Waals surface area contributed by atoms with E-state index in [1.165, 1.54) is 0 Å². The normalized spacial score (nSPS) is 22.4. The number of carbonyl (C=O) groups is 1. The van der Waals surface area contributed by atoms with Crippen LogP contribution in [0.3, 0.4) is 0 Å². The summed E-state index contributed by atoms with van der Waals surface area (Å²) < 4.78 is 7.21. The molecule has 0 saturated carbocycles. The summed E-state index contributed by atoms with van der Waals surface area (Å²) >= 11 is 0. The third-order valence-electron chi connectivity index (χ3n) is 3.68. The van der Waals surface area contributed by atoms with Gasteiger partial charge in [-0.05, 0) is 13.8 Å². The molecule has 0 aromatic carbocycles. The van der Waals surface area contributed by atoms with Crippen molar-refractivity contribution in [3.8, 4) is 0 Å². The summed E-state index contributed by atoms with van der Waals surface area (Å²) in [7, 11) is 1.90. The molecule has 2 heterocycles. The monoisotopic (exact) mass is 267 g/mol. The minimum Gasteiger partial charge on any atom is -0.481 e. The van der Waals surface area contributed by atoms with Crippen molar-refractivity contribution >= 4 is 5.97 Å². The van der Waals surface area contributed by atoms with Gasteiger partial charge in [0.2, 0.25) is 0 Å². The zero-order valence-electron chi connectivity index (χ0n) is 11.7. The van der Waals surface area contributed by atoms with E-state index in [1.807, 2.05) is 20.2 Å². The Morgan fingerprint density at radius 3 is 3.00 bits per heavy atom. The lowest BCUT2D eigenvalue weighted by molar-refractivity contribution is -0.140. The zero-order valence-corrected chi connectivity index (χ0v) is 11.7. The summed E-state index contributed by atoms with van der Waals surface area (Å²) in [6, 6.07) is 0.0859. The molecule has 0 amide bonds. The molecular weight excluding hydrogens is 246 g/mol. The van der Waals surface area contributed by atoms with Crippen LogP contribution in [0.1, 0.15) is 30.6 Å². The molecule has 0 bridgehead atoms. The second kappa shape index (κ2) is 5.71.